The fourth-order valence-electron chi connectivity index (χ4n) is 2.19. The molecule has 7 heteroatoms. The van der Waals surface area contributed by atoms with Gasteiger partial charge in [-0.15, -0.1) is 0 Å². The van der Waals surface area contributed by atoms with Gasteiger partial charge in [0.15, 0.2) is 6.61 Å². The molecule has 0 radical (unpaired) electrons. The van der Waals surface area contributed by atoms with Crippen LogP contribution >= 0.6 is 0 Å². The van der Waals surface area contributed by atoms with Crippen LogP contribution in [0.4, 0.5) is 14.5 Å². The van der Waals surface area contributed by atoms with E-state index >= 15 is 0 Å². The summed E-state index contributed by atoms with van der Waals surface area (Å²) < 4.78 is 32.4. The summed E-state index contributed by atoms with van der Waals surface area (Å²) in [6.07, 6.45) is 1.89. The molecule has 0 aromatic heterocycles. The van der Waals surface area contributed by atoms with Crippen LogP contribution in [0.5, 0.6) is 5.75 Å². The van der Waals surface area contributed by atoms with Gasteiger partial charge in [0.05, 0.1) is 17.5 Å². The molecule has 1 saturated heterocycles. The SMILES string of the molecule is O=[N+]([O-])c1cccc(OCC(F)(F)CN2CCCC2)c1. The number of rotatable bonds is 6. The van der Waals surface area contributed by atoms with E-state index < -0.39 is 17.5 Å². The second-order valence-electron chi connectivity index (χ2n) is 4.88. The van der Waals surface area contributed by atoms with Crippen molar-refractivity contribution in [2.75, 3.05) is 26.2 Å². The number of ether oxygens (including phenoxy) is 1. The first kappa shape index (κ1) is 14.6. The molecule has 20 heavy (non-hydrogen) atoms. The molecule has 1 aromatic carbocycles. The zero-order valence-electron chi connectivity index (χ0n) is 10.9. The van der Waals surface area contributed by atoms with E-state index in [9.17, 15) is 18.9 Å². The van der Waals surface area contributed by atoms with Gasteiger partial charge in [0, 0.05) is 6.07 Å². The van der Waals surface area contributed by atoms with Gasteiger partial charge in [-0.1, -0.05) is 6.07 Å². The summed E-state index contributed by atoms with van der Waals surface area (Å²) in [6, 6.07) is 5.27. The Bertz CT molecular complexity index is 476. The van der Waals surface area contributed by atoms with E-state index in [0.717, 1.165) is 18.9 Å². The Balaban J connectivity index is 1.89. The van der Waals surface area contributed by atoms with Crippen molar-refractivity contribution in [2.24, 2.45) is 0 Å². The van der Waals surface area contributed by atoms with Gasteiger partial charge in [-0.2, -0.15) is 0 Å². The minimum Gasteiger partial charge on any atom is -0.487 e. The molecule has 0 saturated carbocycles. The molecule has 0 atom stereocenters. The highest BCUT2D eigenvalue weighted by atomic mass is 19.3. The maximum atomic E-state index is 13.7. The molecule has 0 spiro atoms. The van der Waals surface area contributed by atoms with Gasteiger partial charge in [0.1, 0.15) is 5.75 Å². The minimum atomic E-state index is -2.96. The summed E-state index contributed by atoms with van der Waals surface area (Å²) in [7, 11) is 0. The predicted octanol–water partition coefficient (Wildman–Crippen LogP) is 2.70. The Kier molecular flexibility index (Phi) is 4.49. The molecule has 0 N–H and O–H groups in total. The first-order valence-corrected chi connectivity index (χ1v) is 6.44. The highest BCUT2D eigenvalue weighted by Gasteiger charge is 2.33. The molecule has 2 rings (SSSR count). The number of likely N-dealkylation sites (tertiary alicyclic amines) is 1. The Morgan fingerprint density at radius 1 is 1.35 bits per heavy atom. The number of alkyl halides is 2. The largest absolute Gasteiger partial charge is 0.487 e. The number of nitro groups is 1. The smallest absolute Gasteiger partial charge is 0.293 e. The Morgan fingerprint density at radius 2 is 2.05 bits per heavy atom. The van der Waals surface area contributed by atoms with Crippen LogP contribution in [0.3, 0.4) is 0 Å². The molecule has 1 aliphatic rings. The molecule has 1 fully saturated rings. The number of nitrogens with zero attached hydrogens (tertiary/aromatic N) is 2. The van der Waals surface area contributed by atoms with Crippen molar-refractivity contribution in [2.45, 2.75) is 18.8 Å². The van der Waals surface area contributed by atoms with Gasteiger partial charge in [0.2, 0.25) is 0 Å². The lowest BCUT2D eigenvalue weighted by molar-refractivity contribution is -0.385. The maximum absolute atomic E-state index is 13.7. The molecule has 1 aromatic rings. The van der Waals surface area contributed by atoms with Crippen molar-refractivity contribution in [3.05, 3.63) is 34.4 Å². The highest BCUT2D eigenvalue weighted by molar-refractivity contribution is 5.37. The van der Waals surface area contributed by atoms with Crippen LogP contribution in [0.25, 0.3) is 0 Å². The lowest BCUT2D eigenvalue weighted by atomic mass is 10.3. The summed E-state index contributed by atoms with van der Waals surface area (Å²) in [6.45, 7) is 0.269. The molecule has 0 aliphatic carbocycles. The average Bonchev–Trinajstić information content (AvgIpc) is 2.89. The van der Waals surface area contributed by atoms with Crippen molar-refractivity contribution in [3.8, 4) is 5.75 Å². The molecule has 0 amide bonds. The summed E-state index contributed by atoms with van der Waals surface area (Å²) in [5.74, 6) is -2.88. The first-order valence-electron chi connectivity index (χ1n) is 6.44. The summed E-state index contributed by atoms with van der Waals surface area (Å²) in [4.78, 5) is 11.7. The van der Waals surface area contributed by atoms with Gasteiger partial charge in [-0.05, 0) is 32.0 Å². The molecule has 110 valence electrons. The first-order chi connectivity index (χ1) is 9.46. The average molecular weight is 286 g/mol. The second-order valence-corrected chi connectivity index (χ2v) is 4.88. The van der Waals surface area contributed by atoms with Crippen LogP contribution in [-0.2, 0) is 0 Å². The van der Waals surface area contributed by atoms with Crippen LogP contribution < -0.4 is 4.74 Å². The molecule has 0 bridgehead atoms. The van der Waals surface area contributed by atoms with Gasteiger partial charge in [-0.3, -0.25) is 15.0 Å². The normalized spacial score (nSPS) is 16.3. The minimum absolute atomic E-state index is 0.0836. The standard InChI is InChI=1S/C13H16F2N2O3/c14-13(15,9-16-6-1-2-7-16)10-20-12-5-3-4-11(8-12)17(18)19/h3-5,8H,1-2,6-7,9-10H2. The Hall–Kier alpha value is -1.76. The van der Waals surface area contributed by atoms with Crippen LogP contribution in [0.1, 0.15) is 12.8 Å². The van der Waals surface area contributed by atoms with E-state index in [0.29, 0.717) is 13.1 Å². The summed E-state index contributed by atoms with van der Waals surface area (Å²) in [5, 5.41) is 10.6. The maximum Gasteiger partial charge on any atom is 0.293 e. The fourth-order valence-corrected chi connectivity index (χ4v) is 2.19. The molecule has 1 aliphatic heterocycles. The molecular weight excluding hydrogens is 270 g/mol. The third-order valence-electron chi connectivity index (χ3n) is 3.13. The van der Waals surface area contributed by atoms with Crippen molar-refractivity contribution in [1.29, 1.82) is 0 Å². The van der Waals surface area contributed by atoms with Crippen LogP contribution in [0.2, 0.25) is 0 Å². The monoisotopic (exact) mass is 286 g/mol. The lowest BCUT2D eigenvalue weighted by Gasteiger charge is -2.23. The molecule has 1 heterocycles. The fraction of sp³-hybridized carbons (Fsp3) is 0.538. The van der Waals surface area contributed by atoms with E-state index in [1.54, 1.807) is 4.90 Å². The quantitative estimate of drug-likeness (QED) is 0.596. The van der Waals surface area contributed by atoms with Gasteiger partial charge in [0.25, 0.3) is 11.6 Å². The third-order valence-corrected chi connectivity index (χ3v) is 3.13. The number of non-ortho nitro benzene ring substituents is 1. The van der Waals surface area contributed by atoms with E-state index in [1.165, 1.54) is 18.2 Å². The van der Waals surface area contributed by atoms with Gasteiger partial charge in [-0.25, -0.2) is 8.78 Å². The Morgan fingerprint density at radius 3 is 2.70 bits per heavy atom. The van der Waals surface area contributed by atoms with Crippen molar-refractivity contribution >= 4 is 5.69 Å². The number of nitro benzene ring substituents is 1. The molecule has 5 nitrogen and oxygen atoms in total. The zero-order valence-corrected chi connectivity index (χ0v) is 10.9. The van der Waals surface area contributed by atoms with Crippen LogP contribution in [0, 0.1) is 10.1 Å². The van der Waals surface area contributed by atoms with Crippen molar-refractivity contribution in [3.63, 3.8) is 0 Å². The van der Waals surface area contributed by atoms with Crippen molar-refractivity contribution < 1.29 is 18.4 Å². The molecular formula is C13H16F2N2O3. The summed E-state index contributed by atoms with van der Waals surface area (Å²) >= 11 is 0. The van der Waals surface area contributed by atoms with E-state index in [1.807, 2.05) is 0 Å². The lowest BCUT2D eigenvalue weighted by Crippen LogP contribution is -2.39. The van der Waals surface area contributed by atoms with Crippen molar-refractivity contribution in [1.82, 2.24) is 4.90 Å². The second kappa shape index (κ2) is 6.13. The van der Waals surface area contributed by atoms with Gasteiger partial charge >= 0.3 is 0 Å². The number of hydrogen-bond acceptors (Lipinski definition) is 4. The van der Waals surface area contributed by atoms with Crippen LogP contribution in [0.15, 0.2) is 24.3 Å². The molecule has 0 unspecified atom stereocenters. The predicted molar refractivity (Wildman–Crippen MR) is 69.2 cm³/mol. The van der Waals surface area contributed by atoms with E-state index in [4.69, 9.17) is 4.74 Å². The Labute approximate surface area is 115 Å². The van der Waals surface area contributed by atoms with E-state index in [2.05, 4.69) is 0 Å². The highest BCUT2D eigenvalue weighted by Crippen LogP contribution is 2.23. The summed E-state index contributed by atoms with van der Waals surface area (Å²) in [5.41, 5.74) is -0.176. The van der Waals surface area contributed by atoms with Gasteiger partial charge < -0.3 is 4.74 Å². The topological polar surface area (TPSA) is 55.6 Å². The number of hydrogen-bond donors (Lipinski definition) is 0. The third kappa shape index (κ3) is 4.12. The van der Waals surface area contributed by atoms with E-state index in [-0.39, 0.29) is 18.0 Å². The zero-order chi connectivity index (χ0) is 14.6. The van der Waals surface area contributed by atoms with Crippen LogP contribution in [-0.4, -0.2) is 42.0 Å². The number of benzene rings is 1. The number of halogens is 2.